The van der Waals surface area contributed by atoms with Gasteiger partial charge in [-0.2, -0.15) is 5.26 Å². The lowest BCUT2D eigenvalue weighted by atomic mass is 9.95. The summed E-state index contributed by atoms with van der Waals surface area (Å²) in [4.78, 5) is 76.3. The molecule has 0 bridgehead atoms. The molecule has 5 heterocycles. The van der Waals surface area contributed by atoms with Crippen LogP contribution in [0, 0.1) is 24.2 Å². The highest BCUT2D eigenvalue weighted by Crippen LogP contribution is 2.35. The maximum Gasteiger partial charge on any atom is 0.262 e. The molecule has 12 nitrogen and oxygen atoms in total. The largest absolute Gasteiger partial charge is 0.372 e. The van der Waals surface area contributed by atoms with Crippen LogP contribution in [0.3, 0.4) is 0 Å². The Morgan fingerprint density at radius 3 is 2.15 bits per heavy atom. The highest BCUT2D eigenvalue weighted by molar-refractivity contribution is 6.23. The molecule has 0 saturated carbocycles. The first-order valence-corrected chi connectivity index (χ1v) is 19.4. The SMILES string of the molecule is Cc1cc(N2C[C@@H](N(C)C(=O)c3ccc(N4CCC(CN5Cc6cc7c(cc6C5)C(=O)N(C5CCC(=O)N(C)C5=O)C7=O)CC4)cc3)C[C@@H]2C)ccc1C#N. The number of imide groups is 2. The smallest absolute Gasteiger partial charge is 0.262 e. The number of nitriles is 1. The molecule has 284 valence electrons. The van der Waals surface area contributed by atoms with E-state index in [9.17, 15) is 29.2 Å². The number of hydrogen-bond acceptors (Lipinski definition) is 9. The molecule has 0 spiro atoms. The van der Waals surface area contributed by atoms with E-state index in [1.54, 1.807) is 0 Å². The predicted octanol–water partition coefficient (Wildman–Crippen LogP) is 4.58. The second-order valence-electron chi connectivity index (χ2n) is 16.1. The molecule has 0 radical (unpaired) electrons. The molecule has 0 aliphatic carbocycles. The highest BCUT2D eigenvalue weighted by Gasteiger charge is 2.47. The second-order valence-corrected chi connectivity index (χ2v) is 16.1. The number of benzene rings is 3. The summed E-state index contributed by atoms with van der Waals surface area (Å²) in [7, 11) is 3.30. The van der Waals surface area contributed by atoms with Crippen LogP contribution in [0.15, 0.2) is 54.6 Å². The van der Waals surface area contributed by atoms with Crippen LogP contribution in [-0.2, 0) is 22.7 Å². The van der Waals surface area contributed by atoms with Crippen LogP contribution < -0.4 is 9.80 Å². The van der Waals surface area contributed by atoms with Crippen molar-refractivity contribution < 1.29 is 24.0 Å². The van der Waals surface area contributed by atoms with Gasteiger partial charge in [-0.15, -0.1) is 0 Å². The van der Waals surface area contributed by atoms with Gasteiger partial charge in [0.2, 0.25) is 5.91 Å². The minimum Gasteiger partial charge on any atom is -0.372 e. The number of likely N-dealkylation sites (N-methyl/N-ethyl adjacent to an activating group) is 2. The van der Waals surface area contributed by atoms with Crippen molar-refractivity contribution in [1.82, 2.24) is 19.6 Å². The van der Waals surface area contributed by atoms with Crippen molar-refractivity contribution in [2.75, 3.05) is 50.1 Å². The van der Waals surface area contributed by atoms with Gasteiger partial charge >= 0.3 is 0 Å². The molecule has 5 aliphatic heterocycles. The van der Waals surface area contributed by atoms with Gasteiger partial charge in [0, 0.05) is 82.8 Å². The van der Waals surface area contributed by atoms with E-state index in [4.69, 9.17) is 0 Å². The predicted molar refractivity (Wildman–Crippen MR) is 206 cm³/mol. The molecule has 3 fully saturated rings. The molecule has 8 rings (SSSR count). The van der Waals surface area contributed by atoms with E-state index in [2.05, 4.69) is 45.9 Å². The van der Waals surface area contributed by atoms with Crippen molar-refractivity contribution in [2.45, 2.75) is 77.2 Å². The normalized spacial score (nSPS) is 23.1. The first kappa shape index (κ1) is 36.4. The Balaban J connectivity index is 0.826. The van der Waals surface area contributed by atoms with Crippen molar-refractivity contribution in [2.24, 2.45) is 5.92 Å². The van der Waals surface area contributed by atoms with Crippen LogP contribution in [-0.4, -0.2) is 108 Å². The van der Waals surface area contributed by atoms with E-state index in [1.165, 1.54) is 7.05 Å². The zero-order chi connectivity index (χ0) is 38.7. The van der Waals surface area contributed by atoms with Gasteiger partial charge in [0.05, 0.1) is 28.8 Å². The molecule has 12 heteroatoms. The Hall–Kier alpha value is -5.54. The maximum atomic E-state index is 13.6. The molecule has 3 aromatic carbocycles. The third-order valence-electron chi connectivity index (χ3n) is 12.7. The van der Waals surface area contributed by atoms with Gasteiger partial charge in [-0.25, -0.2) is 0 Å². The number of nitrogens with zero attached hydrogens (tertiary/aromatic N) is 7. The molecular formula is C43H47N7O5. The molecule has 3 aromatic rings. The van der Waals surface area contributed by atoms with Crippen molar-refractivity contribution in [3.63, 3.8) is 0 Å². The molecule has 55 heavy (non-hydrogen) atoms. The van der Waals surface area contributed by atoms with Crippen molar-refractivity contribution in [3.05, 3.63) is 93.5 Å². The lowest BCUT2D eigenvalue weighted by Crippen LogP contribution is -2.54. The Morgan fingerprint density at radius 2 is 1.53 bits per heavy atom. The van der Waals surface area contributed by atoms with Crippen LogP contribution in [0.25, 0.3) is 0 Å². The average molecular weight is 742 g/mol. The number of carbonyl (C=O) groups excluding carboxylic acids is 5. The summed E-state index contributed by atoms with van der Waals surface area (Å²) in [6, 6.07) is 19.3. The monoisotopic (exact) mass is 741 g/mol. The number of likely N-dealkylation sites (tertiary alicyclic amines) is 1. The summed E-state index contributed by atoms with van der Waals surface area (Å²) in [6.07, 6.45) is 3.24. The third kappa shape index (κ3) is 6.54. The quantitative estimate of drug-likeness (QED) is 0.320. The van der Waals surface area contributed by atoms with E-state index in [-0.39, 0.29) is 36.7 Å². The number of anilines is 2. The fraction of sp³-hybridized carbons (Fsp3) is 0.442. The van der Waals surface area contributed by atoms with Crippen LogP contribution in [0.5, 0.6) is 0 Å². The number of rotatable bonds is 7. The summed E-state index contributed by atoms with van der Waals surface area (Å²) in [5, 5.41) is 9.32. The summed E-state index contributed by atoms with van der Waals surface area (Å²) in [5.41, 5.74) is 7.32. The summed E-state index contributed by atoms with van der Waals surface area (Å²) in [6.45, 7) is 9.10. The fourth-order valence-electron chi connectivity index (χ4n) is 9.29. The second kappa shape index (κ2) is 14.3. The lowest BCUT2D eigenvalue weighted by molar-refractivity contribution is -0.149. The van der Waals surface area contributed by atoms with Gasteiger partial charge in [-0.1, -0.05) is 0 Å². The summed E-state index contributed by atoms with van der Waals surface area (Å²) < 4.78 is 0. The zero-order valence-electron chi connectivity index (χ0n) is 32.0. The Labute approximate surface area is 321 Å². The fourth-order valence-corrected chi connectivity index (χ4v) is 9.29. The van der Waals surface area contributed by atoms with Crippen LogP contribution in [0.2, 0.25) is 0 Å². The van der Waals surface area contributed by atoms with E-state index >= 15 is 0 Å². The van der Waals surface area contributed by atoms with Crippen LogP contribution in [0.1, 0.15) is 92.4 Å². The van der Waals surface area contributed by atoms with Crippen molar-refractivity contribution in [1.29, 1.82) is 5.26 Å². The van der Waals surface area contributed by atoms with E-state index in [0.717, 1.165) is 83.3 Å². The molecule has 0 aromatic heterocycles. The molecule has 5 amide bonds. The molecule has 5 aliphatic rings. The number of aryl methyl sites for hydroxylation is 1. The number of amides is 5. The third-order valence-corrected chi connectivity index (χ3v) is 12.7. The van der Waals surface area contributed by atoms with Gasteiger partial charge in [0.25, 0.3) is 23.6 Å². The summed E-state index contributed by atoms with van der Waals surface area (Å²) in [5.74, 6) is -1.18. The van der Waals surface area contributed by atoms with Gasteiger partial charge in [-0.3, -0.25) is 38.7 Å². The maximum absolute atomic E-state index is 13.6. The van der Waals surface area contributed by atoms with Gasteiger partial charge in [0.15, 0.2) is 0 Å². The first-order chi connectivity index (χ1) is 26.4. The summed E-state index contributed by atoms with van der Waals surface area (Å²) >= 11 is 0. The van der Waals surface area contributed by atoms with Crippen molar-refractivity contribution in [3.8, 4) is 6.07 Å². The molecule has 3 saturated heterocycles. The minimum absolute atomic E-state index is 0.0214. The molecule has 3 atom stereocenters. The van der Waals surface area contributed by atoms with Gasteiger partial charge in [0.1, 0.15) is 6.04 Å². The molecule has 1 unspecified atom stereocenters. The van der Waals surface area contributed by atoms with Crippen LogP contribution >= 0.6 is 0 Å². The first-order valence-electron chi connectivity index (χ1n) is 19.4. The van der Waals surface area contributed by atoms with E-state index in [1.807, 2.05) is 55.3 Å². The number of piperidine rings is 2. The highest BCUT2D eigenvalue weighted by atomic mass is 16.2. The van der Waals surface area contributed by atoms with E-state index in [0.29, 0.717) is 41.3 Å². The Morgan fingerprint density at radius 1 is 0.891 bits per heavy atom. The van der Waals surface area contributed by atoms with E-state index < -0.39 is 23.8 Å². The number of hydrogen-bond donors (Lipinski definition) is 0. The number of fused-ring (bicyclic) bond motifs is 2. The molecule has 0 N–H and O–H groups in total. The van der Waals surface area contributed by atoms with Gasteiger partial charge < -0.3 is 14.7 Å². The minimum atomic E-state index is -0.945. The average Bonchev–Trinajstić information content (AvgIpc) is 3.85. The molecular weight excluding hydrogens is 695 g/mol. The van der Waals surface area contributed by atoms with Crippen LogP contribution in [0.4, 0.5) is 11.4 Å². The Bertz CT molecular complexity index is 2090. The van der Waals surface area contributed by atoms with Crippen molar-refractivity contribution >= 4 is 40.9 Å². The Kier molecular flexibility index (Phi) is 9.45. The lowest BCUT2D eigenvalue weighted by Gasteiger charge is -2.35. The standard InChI is InChI=1S/C43H47N7O5/c1-26-17-34(10-7-30(26)21-44)49-25-35(18-27(49)2)45(3)40(52)29-5-8-33(9-6-29)48-15-13-28(14-16-48)22-47-23-31-19-36-37(20-32(31)24-47)42(54)50(41(36)53)38-11-12-39(51)46(4)43(38)55/h5-10,17,19-20,27-28,35,38H,11-16,18,22-25H2,1-4H3/t27-,35-,38?/m0/s1. The number of carbonyl (C=O) groups is 5. The zero-order valence-corrected chi connectivity index (χ0v) is 32.0. The van der Waals surface area contributed by atoms with Gasteiger partial charge in [-0.05, 0) is 117 Å². The topological polar surface area (TPSA) is 129 Å².